The fraction of sp³-hybridized carbons (Fsp3) is 0.250. The van der Waals surface area contributed by atoms with E-state index >= 15 is 0 Å². The van der Waals surface area contributed by atoms with Crippen molar-refractivity contribution in [1.82, 2.24) is 10.5 Å². The molecule has 0 amide bonds. The molecule has 1 unspecified atom stereocenters. The number of nitrogens with one attached hydrogen (secondary N) is 1. The molecule has 0 aliphatic heterocycles. The molecule has 4 heteroatoms. The van der Waals surface area contributed by atoms with Crippen molar-refractivity contribution in [2.45, 2.75) is 19.5 Å². The molecule has 0 saturated heterocycles. The molecule has 0 aliphatic rings. The predicted molar refractivity (Wildman–Crippen MR) is 59.9 cm³/mol. The molecule has 0 spiro atoms. The molecule has 2 rings (SSSR count). The Morgan fingerprint density at radius 2 is 2.06 bits per heavy atom. The minimum absolute atomic E-state index is 0.200. The van der Waals surface area contributed by atoms with E-state index in [1.54, 1.807) is 18.3 Å². The highest BCUT2D eigenvalue weighted by Gasteiger charge is 2.05. The monoisotopic (exact) mass is 218 g/mol. The lowest BCUT2D eigenvalue weighted by molar-refractivity contribution is 0.366. The minimum Gasteiger partial charge on any atom is -0.508 e. The van der Waals surface area contributed by atoms with Crippen LogP contribution in [0.15, 0.2) is 41.1 Å². The Kier molecular flexibility index (Phi) is 3.22. The van der Waals surface area contributed by atoms with Gasteiger partial charge in [-0.2, -0.15) is 0 Å². The van der Waals surface area contributed by atoms with Gasteiger partial charge in [-0.05, 0) is 24.6 Å². The van der Waals surface area contributed by atoms with Gasteiger partial charge in [-0.15, -0.1) is 0 Å². The zero-order valence-electron chi connectivity index (χ0n) is 9.05. The third-order valence-corrected chi connectivity index (χ3v) is 2.47. The van der Waals surface area contributed by atoms with Crippen LogP contribution < -0.4 is 5.32 Å². The summed E-state index contributed by atoms with van der Waals surface area (Å²) in [7, 11) is 0. The van der Waals surface area contributed by atoms with Crippen LogP contribution in [-0.2, 0) is 6.54 Å². The number of phenolic OH excluding ortho intramolecular Hbond substituents is 1. The molecule has 0 bridgehead atoms. The zero-order valence-corrected chi connectivity index (χ0v) is 9.05. The van der Waals surface area contributed by atoms with Crippen molar-refractivity contribution < 1.29 is 9.63 Å². The molecular formula is C12H14N2O2. The second-order valence-corrected chi connectivity index (χ2v) is 3.67. The first-order valence-corrected chi connectivity index (χ1v) is 5.17. The maximum atomic E-state index is 9.17. The van der Waals surface area contributed by atoms with E-state index in [1.807, 2.05) is 18.2 Å². The van der Waals surface area contributed by atoms with Gasteiger partial charge in [0.25, 0.3) is 0 Å². The van der Waals surface area contributed by atoms with Crippen molar-refractivity contribution in [3.63, 3.8) is 0 Å². The van der Waals surface area contributed by atoms with Gasteiger partial charge in [0.1, 0.15) is 11.5 Å². The molecule has 2 aromatic rings. The number of benzene rings is 1. The maximum Gasteiger partial charge on any atom is 0.150 e. The normalized spacial score (nSPS) is 12.6. The van der Waals surface area contributed by atoms with Crippen molar-refractivity contribution in [3.8, 4) is 5.75 Å². The molecule has 1 aromatic carbocycles. The highest BCUT2D eigenvalue weighted by atomic mass is 16.5. The summed E-state index contributed by atoms with van der Waals surface area (Å²) < 4.78 is 4.99. The minimum atomic E-state index is 0.200. The number of hydrogen-bond acceptors (Lipinski definition) is 4. The first-order chi connectivity index (χ1) is 7.75. The summed E-state index contributed by atoms with van der Waals surface area (Å²) in [4.78, 5) is 0. The average Bonchev–Trinajstić information content (AvgIpc) is 2.80. The first kappa shape index (κ1) is 10.7. The summed E-state index contributed by atoms with van der Waals surface area (Å²) >= 11 is 0. The van der Waals surface area contributed by atoms with Crippen molar-refractivity contribution in [2.24, 2.45) is 0 Å². The van der Waals surface area contributed by atoms with Crippen LogP contribution in [-0.4, -0.2) is 10.3 Å². The molecule has 84 valence electrons. The Bertz CT molecular complexity index is 423. The van der Waals surface area contributed by atoms with Gasteiger partial charge in [0.05, 0.1) is 12.7 Å². The van der Waals surface area contributed by atoms with E-state index in [0.717, 1.165) is 11.3 Å². The molecule has 2 N–H and O–H groups in total. The van der Waals surface area contributed by atoms with Crippen LogP contribution in [0.25, 0.3) is 0 Å². The van der Waals surface area contributed by atoms with Crippen molar-refractivity contribution in [2.75, 3.05) is 0 Å². The Labute approximate surface area is 93.9 Å². The SMILES string of the molecule is CC(NCc1ccno1)c1ccc(O)cc1. The molecule has 0 saturated carbocycles. The summed E-state index contributed by atoms with van der Waals surface area (Å²) in [6, 6.07) is 9.19. The summed E-state index contributed by atoms with van der Waals surface area (Å²) in [5.74, 6) is 1.09. The summed E-state index contributed by atoms with van der Waals surface area (Å²) in [6.07, 6.45) is 1.63. The largest absolute Gasteiger partial charge is 0.508 e. The molecule has 1 atom stereocenters. The van der Waals surface area contributed by atoms with Crippen LogP contribution in [0.5, 0.6) is 5.75 Å². The fourth-order valence-electron chi connectivity index (χ4n) is 1.47. The molecule has 1 heterocycles. The maximum absolute atomic E-state index is 9.17. The Morgan fingerprint density at radius 3 is 2.69 bits per heavy atom. The average molecular weight is 218 g/mol. The van der Waals surface area contributed by atoms with Crippen LogP contribution in [0.3, 0.4) is 0 Å². The van der Waals surface area contributed by atoms with Gasteiger partial charge in [-0.25, -0.2) is 0 Å². The predicted octanol–water partition coefficient (Wildman–Crippen LogP) is 2.23. The number of aromatic nitrogens is 1. The summed E-state index contributed by atoms with van der Waals surface area (Å²) in [5.41, 5.74) is 1.12. The quantitative estimate of drug-likeness (QED) is 0.826. The fourth-order valence-corrected chi connectivity index (χ4v) is 1.47. The number of hydrogen-bond donors (Lipinski definition) is 2. The van der Waals surface area contributed by atoms with Gasteiger partial charge >= 0.3 is 0 Å². The Hall–Kier alpha value is -1.81. The van der Waals surface area contributed by atoms with Crippen molar-refractivity contribution >= 4 is 0 Å². The summed E-state index contributed by atoms with van der Waals surface area (Å²) in [6.45, 7) is 2.70. The lowest BCUT2D eigenvalue weighted by Crippen LogP contribution is -2.17. The van der Waals surface area contributed by atoms with Gasteiger partial charge in [0.2, 0.25) is 0 Å². The van der Waals surface area contributed by atoms with Crippen LogP contribution in [0.1, 0.15) is 24.3 Å². The molecule has 0 fully saturated rings. The van der Waals surface area contributed by atoms with E-state index in [4.69, 9.17) is 4.52 Å². The lowest BCUT2D eigenvalue weighted by atomic mass is 10.1. The van der Waals surface area contributed by atoms with Gasteiger partial charge in [-0.1, -0.05) is 17.3 Å². The molecular weight excluding hydrogens is 204 g/mol. The van der Waals surface area contributed by atoms with Crippen molar-refractivity contribution in [1.29, 1.82) is 0 Å². The van der Waals surface area contributed by atoms with E-state index < -0.39 is 0 Å². The van der Waals surface area contributed by atoms with E-state index in [1.165, 1.54) is 0 Å². The highest BCUT2D eigenvalue weighted by molar-refractivity contribution is 5.27. The highest BCUT2D eigenvalue weighted by Crippen LogP contribution is 2.16. The Morgan fingerprint density at radius 1 is 1.31 bits per heavy atom. The van der Waals surface area contributed by atoms with Crippen LogP contribution in [0.4, 0.5) is 0 Å². The van der Waals surface area contributed by atoms with Crippen LogP contribution in [0.2, 0.25) is 0 Å². The van der Waals surface area contributed by atoms with E-state index in [9.17, 15) is 5.11 Å². The Balaban J connectivity index is 1.93. The molecule has 0 aliphatic carbocycles. The van der Waals surface area contributed by atoms with E-state index in [-0.39, 0.29) is 11.8 Å². The number of aromatic hydroxyl groups is 1. The van der Waals surface area contributed by atoms with Gasteiger partial charge in [0.15, 0.2) is 0 Å². The van der Waals surface area contributed by atoms with E-state index in [2.05, 4.69) is 17.4 Å². The molecule has 16 heavy (non-hydrogen) atoms. The standard InChI is InChI=1S/C12H14N2O2/c1-9(10-2-4-11(15)5-3-10)13-8-12-6-7-14-16-12/h2-7,9,13,15H,8H2,1H3. The zero-order chi connectivity index (χ0) is 11.4. The summed E-state index contributed by atoms with van der Waals surface area (Å²) in [5, 5.41) is 16.1. The van der Waals surface area contributed by atoms with E-state index in [0.29, 0.717) is 6.54 Å². The number of nitrogens with zero attached hydrogens (tertiary/aromatic N) is 1. The van der Waals surface area contributed by atoms with Crippen LogP contribution >= 0.6 is 0 Å². The number of rotatable bonds is 4. The topological polar surface area (TPSA) is 58.3 Å². The molecule has 4 nitrogen and oxygen atoms in total. The third kappa shape index (κ3) is 2.61. The molecule has 0 radical (unpaired) electrons. The first-order valence-electron chi connectivity index (χ1n) is 5.17. The third-order valence-electron chi connectivity index (χ3n) is 2.47. The second kappa shape index (κ2) is 4.81. The lowest BCUT2D eigenvalue weighted by Gasteiger charge is -2.12. The van der Waals surface area contributed by atoms with Gasteiger partial charge in [-0.3, -0.25) is 0 Å². The van der Waals surface area contributed by atoms with Gasteiger partial charge < -0.3 is 14.9 Å². The van der Waals surface area contributed by atoms with Crippen molar-refractivity contribution in [3.05, 3.63) is 47.9 Å². The smallest absolute Gasteiger partial charge is 0.150 e. The number of phenols is 1. The van der Waals surface area contributed by atoms with Crippen LogP contribution in [0, 0.1) is 0 Å². The molecule has 1 aromatic heterocycles. The second-order valence-electron chi connectivity index (χ2n) is 3.67. The van der Waals surface area contributed by atoms with Gasteiger partial charge in [0, 0.05) is 12.1 Å².